The molecule has 6 heteroatoms. The summed E-state index contributed by atoms with van der Waals surface area (Å²) < 4.78 is 0. The molecule has 0 bridgehead atoms. The van der Waals surface area contributed by atoms with Crippen LogP contribution in [0.2, 0.25) is 0 Å². The van der Waals surface area contributed by atoms with Crippen LogP contribution in [0.1, 0.15) is 37.6 Å². The second kappa shape index (κ2) is 5.21. The van der Waals surface area contributed by atoms with Gasteiger partial charge < -0.3 is 15.7 Å². The number of carboxylic acids is 1. The van der Waals surface area contributed by atoms with Gasteiger partial charge in [-0.15, -0.1) is 11.3 Å². The highest BCUT2D eigenvalue weighted by Gasteiger charge is 2.39. The minimum atomic E-state index is -1.05. The Hall–Kier alpha value is -1.56. The summed E-state index contributed by atoms with van der Waals surface area (Å²) in [7, 11) is 0. The highest BCUT2D eigenvalue weighted by atomic mass is 32.1. The number of carboxylic acid groups (broad SMARTS) is 1. The van der Waals surface area contributed by atoms with Crippen molar-refractivity contribution in [3.05, 3.63) is 22.4 Å². The molecule has 2 amide bonds. The molecule has 1 atom stereocenters. The molecule has 3 N–H and O–H groups in total. The normalized spacial score (nSPS) is 16.7. The van der Waals surface area contributed by atoms with Crippen LogP contribution in [0, 0.1) is 5.92 Å². The fraction of sp³-hybridized carbons (Fsp3) is 0.538. The maximum absolute atomic E-state index is 11.9. The molecule has 0 aromatic carbocycles. The van der Waals surface area contributed by atoms with Crippen molar-refractivity contribution in [1.29, 1.82) is 0 Å². The zero-order chi connectivity index (χ0) is 14.0. The van der Waals surface area contributed by atoms with Crippen LogP contribution in [0.3, 0.4) is 0 Å². The molecular weight excluding hydrogens is 264 g/mol. The van der Waals surface area contributed by atoms with Crippen molar-refractivity contribution < 1.29 is 14.7 Å². The van der Waals surface area contributed by atoms with Crippen molar-refractivity contribution in [1.82, 2.24) is 10.6 Å². The first kappa shape index (κ1) is 13.9. The molecule has 5 nitrogen and oxygen atoms in total. The van der Waals surface area contributed by atoms with Gasteiger partial charge in [0, 0.05) is 10.4 Å². The lowest BCUT2D eigenvalue weighted by Crippen LogP contribution is -2.51. The molecule has 0 spiro atoms. The Bertz CT molecular complexity index is 466. The van der Waals surface area contributed by atoms with Crippen molar-refractivity contribution in [2.24, 2.45) is 5.92 Å². The van der Waals surface area contributed by atoms with Gasteiger partial charge in [0.05, 0.1) is 0 Å². The number of urea groups is 1. The van der Waals surface area contributed by atoms with Gasteiger partial charge in [-0.1, -0.05) is 6.07 Å². The van der Waals surface area contributed by atoms with Crippen LogP contribution < -0.4 is 10.6 Å². The Kier molecular flexibility index (Phi) is 3.80. The lowest BCUT2D eigenvalue weighted by Gasteiger charge is -2.27. The summed E-state index contributed by atoms with van der Waals surface area (Å²) in [5, 5.41) is 16.3. The van der Waals surface area contributed by atoms with E-state index < -0.39 is 18.0 Å². The molecule has 2 rings (SSSR count). The van der Waals surface area contributed by atoms with Gasteiger partial charge >= 0.3 is 12.0 Å². The van der Waals surface area contributed by atoms with Gasteiger partial charge in [-0.05, 0) is 44.1 Å². The average molecular weight is 282 g/mol. The first-order chi connectivity index (χ1) is 8.90. The van der Waals surface area contributed by atoms with E-state index in [-0.39, 0.29) is 5.54 Å². The first-order valence-electron chi connectivity index (χ1n) is 6.25. The zero-order valence-corrected chi connectivity index (χ0v) is 11.8. The standard InChI is InChI=1S/C13H18N2O3S/c1-13(2,8-5-6-8)15-12(18)14-10(11(16)17)9-4-3-7-19-9/h3-4,7-8,10H,5-6H2,1-2H3,(H,16,17)(H2,14,15,18). The Morgan fingerprint density at radius 1 is 1.47 bits per heavy atom. The summed E-state index contributed by atoms with van der Waals surface area (Å²) in [6.07, 6.45) is 2.22. The minimum absolute atomic E-state index is 0.289. The number of thiophene rings is 1. The summed E-state index contributed by atoms with van der Waals surface area (Å²) in [6.45, 7) is 3.93. The Balaban J connectivity index is 1.98. The minimum Gasteiger partial charge on any atom is -0.479 e. The topological polar surface area (TPSA) is 78.4 Å². The lowest BCUT2D eigenvalue weighted by atomic mass is 9.99. The maximum Gasteiger partial charge on any atom is 0.331 e. The first-order valence-corrected chi connectivity index (χ1v) is 7.13. The lowest BCUT2D eigenvalue weighted by molar-refractivity contribution is -0.139. The molecule has 0 saturated heterocycles. The van der Waals surface area contributed by atoms with Crippen LogP contribution >= 0.6 is 11.3 Å². The van der Waals surface area contributed by atoms with Crippen molar-refractivity contribution in [2.75, 3.05) is 0 Å². The van der Waals surface area contributed by atoms with Gasteiger partial charge in [0.15, 0.2) is 6.04 Å². The van der Waals surface area contributed by atoms with Crippen molar-refractivity contribution in [3.8, 4) is 0 Å². The van der Waals surface area contributed by atoms with E-state index in [0.29, 0.717) is 10.8 Å². The second-order valence-electron chi connectivity index (χ2n) is 5.38. The van der Waals surface area contributed by atoms with E-state index in [1.54, 1.807) is 17.5 Å². The Morgan fingerprint density at radius 3 is 2.63 bits per heavy atom. The molecule has 104 valence electrons. The summed E-state index contributed by atoms with van der Waals surface area (Å²) in [4.78, 5) is 23.7. The smallest absolute Gasteiger partial charge is 0.331 e. The van der Waals surface area contributed by atoms with Crippen molar-refractivity contribution >= 4 is 23.3 Å². The monoisotopic (exact) mass is 282 g/mol. The second-order valence-corrected chi connectivity index (χ2v) is 6.36. The van der Waals surface area contributed by atoms with E-state index in [1.165, 1.54) is 11.3 Å². The molecule has 1 saturated carbocycles. The molecule has 1 aromatic heterocycles. The van der Waals surface area contributed by atoms with Crippen LogP contribution in [0.15, 0.2) is 17.5 Å². The van der Waals surface area contributed by atoms with Gasteiger partial charge in [-0.3, -0.25) is 0 Å². The number of carbonyl (C=O) groups is 2. The number of aliphatic carboxylic acids is 1. The van der Waals surface area contributed by atoms with Crippen molar-refractivity contribution in [2.45, 2.75) is 38.3 Å². The zero-order valence-electron chi connectivity index (χ0n) is 11.0. The predicted molar refractivity (Wildman–Crippen MR) is 73.2 cm³/mol. The quantitative estimate of drug-likeness (QED) is 0.775. The molecule has 0 radical (unpaired) electrons. The third-order valence-electron chi connectivity index (χ3n) is 3.38. The Labute approximate surface area is 116 Å². The SMILES string of the molecule is CC(C)(NC(=O)NC(C(=O)O)c1cccs1)C1CC1. The van der Waals surface area contributed by atoms with E-state index >= 15 is 0 Å². The molecule has 1 aliphatic rings. The molecule has 1 fully saturated rings. The van der Waals surface area contributed by atoms with Gasteiger partial charge in [0.25, 0.3) is 0 Å². The third-order valence-corrected chi connectivity index (χ3v) is 4.32. The molecule has 1 aromatic rings. The molecule has 0 aliphatic heterocycles. The van der Waals surface area contributed by atoms with E-state index in [4.69, 9.17) is 0 Å². The van der Waals surface area contributed by atoms with Gasteiger partial charge in [0.2, 0.25) is 0 Å². The number of amides is 2. The number of nitrogens with one attached hydrogen (secondary N) is 2. The predicted octanol–water partition coefficient (Wildman–Crippen LogP) is 2.36. The van der Waals surface area contributed by atoms with Gasteiger partial charge in [0.1, 0.15) is 0 Å². The van der Waals surface area contributed by atoms with E-state index in [2.05, 4.69) is 10.6 Å². The van der Waals surface area contributed by atoms with Crippen LogP contribution in [0.5, 0.6) is 0 Å². The fourth-order valence-electron chi connectivity index (χ4n) is 2.08. The molecule has 1 aliphatic carbocycles. The molecular formula is C13H18N2O3S. The highest BCUT2D eigenvalue weighted by molar-refractivity contribution is 7.10. The summed E-state index contributed by atoms with van der Waals surface area (Å²) in [5.74, 6) is -0.565. The molecule has 1 unspecified atom stereocenters. The largest absolute Gasteiger partial charge is 0.479 e. The van der Waals surface area contributed by atoms with E-state index in [0.717, 1.165) is 12.8 Å². The van der Waals surface area contributed by atoms with E-state index in [9.17, 15) is 14.7 Å². The third kappa shape index (κ3) is 3.47. The van der Waals surface area contributed by atoms with Crippen LogP contribution in [-0.2, 0) is 4.79 Å². The van der Waals surface area contributed by atoms with Crippen LogP contribution in [-0.4, -0.2) is 22.6 Å². The van der Waals surface area contributed by atoms with E-state index in [1.807, 2.05) is 13.8 Å². The van der Waals surface area contributed by atoms with Crippen molar-refractivity contribution in [3.63, 3.8) is 0 Å². The molecule has 19 heavy (non-hydrogen) atoms. The summed E-state index contributed by atoms with van der Waals surface area (Å²) >= 11 is 1.31. The summed E-state index contributed by atoms with van der Waals surface area (Å²) in [5.41, 5.74) is -0.289. The van der Waals surface area contributed by atoms with Gasteiger partial charge in [-0.2, -0.15) is 0 Å². The maximum atomic E-state index is 11.9. The van der Waals surface area contributed by atoms with Gasteiger partial charge in [-0.25, -0.2) is 9.59 Å². The molecule has 1 heterocycles. The average Bonchev–Trinajstić information content (AvgIpc) is 3.04. The van der Waals surface area contributed by atoms with Crippen LogP contribution in [0.4, 0.5) is 4.79 Å². The summed E-state index contributed by atoms with van der Waals surface area (Å²) in [6, 6.07) is 2.05. The number of hydrogen-bond donors (Lipinski definition) is 3. The highest BCUT2D eigenvalue weighted by Crippen LogP contribution is 2.39. The number of hydrogen-bond acceptors (Lipinski definition) is 3. The number of rotatable bonds is 5. The fourth-order valence-corrected chi connectivity index (χ4v) is 2.84. The van der Waals surface area contributed by atoms with Crippen LogP contribution in [0.25, 0.3) is 0 Å². The number of carbonyl (C=O) groups excluding carboxylic acids is 1. The Morgan fingerprint density at radius 2 is 2.16 bits per heavy atom.